The van der Waals surface area contributed by atoms with Crippen LogP contribution in [0.5, 0.6) is 5.75 Å². The molecule has 0 radical (unpaired) electrons. The predicted octanol–water partition coefficient (Wildman–Crippen LogP) is 4.27. The van der Waals surface area contributed by atoms with Crippen molar-refractivity contribution in [2.24, 2.45) is 0 Å². The molecule has 2 heterocycles. The quantitative estimate of drug-likeness (QED) is 0.813. The van der Waals surface area contributed by atoms with Gasteiger partial charge in [0, 0.05) is 18.5 Å². The Morgan fingerprint density at radius 1 is 1.15 bits per heavy atom. The molecule has 4 rings (SSSR count). The summed E-state index contributed by atoms with van der Waals surface area (Å²) in [5.74, 6) is 0.409. The van der Waals surface area contributed by atoms with Crippen molar-refractivity contribution in [1.82, 2.24) is 4.90 Å². The fourth-order valence-electron chi connectivity index (χ4n) is 3.89. The van der Waals surface area contributed by atoms with Gasteiger partial charge in [-0.15, -0.1) is 0 Å². The lowest BCUT2D eigenvalue weighted by molar-refractivity contribution is -0.0190. The van der Waals surface area contributed by atoms with Crippen LogP contribution >= 0.6 is 0 Å². The van der Waals surface area contributed by atoms with Gasteiger partial charge in [-0.3, -0.25) is 4.79 Å². The first-order valence-corrected chi connectivity index (χ1v) is 9.15. The maximum atomic E-state index is 13.1. The van der Waals surface area contributed by atoms with Crippen molar-refractivity contribution in [2.75, 3.05) is 20.2 Å². The van der Waals surface area contributed by atoms with Gasteiger partial charge in [0.1, 0.15) is 17.2 Å². The maximum absolute atomic E-state index is 13.1. The van der Waals surface area contributed by atoms with Crippen molar-refractivity contribution in [3.63, 3.8) is 0 Å². The zero-order valence-corrected chi connectivity index (χ0v) is 15.3. The molecule has 0 aromatic heterocycles. The zero-order chi connectivity index (χ0) is 18.9. The van der Waals surface area contributed by atoms with Crippen LogP contribution in [-0.4, -0.2) is 36.6 Å². The number of piperidine rings is 1. The third kappa shape index (κ3) is 3.54. The number of benzene rings is 2. The van der Waals surface area contributed by atoms with Crippen molar-refractivity contribution in [3.05, 3.63) is 71.7 Å². The number of methoxy groups -OCH3 is 1. The van der Waals surface area contributed by atoms with E-state index < -0.39 is 0 Å². The van der Waals surface area contributed by atoms with E-state index in [0.717, 1.165) is 36.1 Å². The Hall–Kier alpha value is -2.82. The number of nitrogens with zero attached hydrogens (tertiary/aromatic N) is 1. The molecule has 1 fully saturated rings. The van der Waals surface area contributed by atoms with E-state index in [1.807, 2.05) is 35.4 Å². The first-order chi connectivity index (χ1) is 13.1. The second-order valence-corrected chi connectivity index (χ2v) is 7.19. The van der Waals surface area contributed by atoms with Crippen LogP contribution in [-0.2, 0) is 4.74 Å². The molecule has 1 unspecified atom stereocenters. The Balaban J connectivity index is 1.46. The summed E-state index contributed by atoms with van der Waals surface area (Å²) in [6, 6.07) is 13.6. The van der Waals surface area contributed by atoms with Gasteiger partial charge in [0.2, 0.25) is 0 Å². The van der Waals surface area contributed by atoms with Crippen LogP contribution in [0.15, 0.2) is 54.8 Å². The minimum absolute atomic E-state index is 0.0735. The van der Waals surface area contributed by atoms with E-state index in [9.17, 15) is 9.18 Å². The monoisotopic (exact) mass is 367 g/mol. The zero-order valence-electron chi connectivity index (χ0n) is 15.3. The second-order valence-electron chi connectivity index (χ2n) is 7.19. The second kappa shape index (κ2) is 7.06. The van der Waals surface area contributed by atoms with Crippen molar-refractivity contribution in [1.29, 1.82) is 0 Å². The minimum Gasteiger partial charge on any atom is -0.497 e. The Labute approximate surface area is 158 Å². The van der Waals surface area contributed by atoms with E-state index >= 15 is 0 Å². The molecule has 2 aliphatic rings. The largest absolute Gasteiger partial charge is 0.497 e. The third-order valence-electron chi connectivity index (χ3n) is 5.34. The van der Waals surface area contributed by atoms with Crippen LogP contribution in [0, 0.1) is 5.82 Å². The first-order valence-electron chi connectivity index (χ1n) is 9.15. The molecule has 1 atom stereocenters. The molecule has 2 aromatic rings. The number of carbonyl (C=O) groups excluding carboxylic acids is 1. The Kier molecular flexibility index (Phi) is 4.60. The van der Waals surface area contributed by atoms with Gasteiger partial charge in [0.25, 0.3) is 5.91 Å². The minimum atomic E-state index is -0.372. The summed E-state index contributed by atoms with van der Waals surface area (Å²) in [7, 11) is 1.65. The van der Waals surface area contributed by atoms with Gasteiger partial charge in [0.15, 0.2) is 0 Å². The molecule has 1 amide bonds. The third-order valence-corrected chi connectivity index (χ3v) is 5.34. The summed E-state index contributed by atoms with van der Waals surface area (Å²) < 4.78 is 24.4. The van der Waals surface area contributed by atoms with Gasteiger partial charge >= 0.3 is 0 Å². The highest BCUT2D eigenvalue weighted by Gasteiger charge is 2.42. The van der Waals surface area contributed by atoms with Crippen molar-refractivity contribution >= 4 is 11.5 Å². The number of hydrogen-bond donors (Lipinski definition) is 0. The molecule has 27 heavy (non-hydrogen) atoms. The van der Waals surface area contributed by atoms with Crippen LogP contribution in [0.4, 0.5) is 4.39 Å². The fraction of sp³-hybridized carbons (Fsp3) is 0.318. The molecule has 0 saturated carbocycles. The fourth-order valence-corrected chi connectivity index (χ4v) is 3.89. The van der Waals surface area contributed by atoms with Gasteiger partial charge in [-0.2, -0.15) is 0 Å². The lowest BCUT2D eigenvalue weighted by Crippen LogP contribution is -2.50. The predicted molar refractivity (Wildman–Crippen MR) is 101 cm³/mol. The van der Waals surface area contributed by atoms with Crippen LogP contribution in [0.2, 0.25) is 0 Å². The SMILES string of the molecule is COc1ccc(C2=COC3(CCCN(C(=O)c4ccc(F)cc4)C3)C2)cc1. The topological polar surface area (TPSA) is 38.8 Å². The summed E-state index contributed by atoms with van der Waals surface area (Å²) >= 11 is 0. The molecular weight excluding hydrogens is 345 g/mol. The smallest absolute Gasteiger partial charge is 0.253 e. The summed E-state index contributed by atoms with van der Waals surface area (Å²) in [6.45, 7) is 1.23. The molecule has 4 nitrogen and oxygen atoms in total. The number of halogens is 1. The molecule has 5 heteroatoms. The number of carbonyl (C=O) groups is 1. The van der Waals surface area contributed by atoms with Gasteiger partial charge in [-0.1, -0.05) is 12.1 Å². The molecule has 0 aliphatic carbocycles. The first kappa shape index (κ1) is 17.6. The molecule has 1 saturated heterocycles. The number of likely N-dealkylation sites (tertiary alicyclic amines) is 1. The van der Waals surface area contributed by atoms with Crippen molar-refractivity contribution < 1.29 is 18.7 Å². The summed E-state index contributed by atoms with van der Waals surface area (Å²) in [5, 5.41) is 0. The number of ether oxygens (including phenoxy) is 2. The normalized spacial score (nSPS) is 21.7. The Morgan fingerprint density at radius 3 is 2.59 bits per heavy atom. The van der Waals surface area contributed by atoms with Crippen molar-refractivity contribution in [2.45, 2.75) is 24.9 Å². The van der Waals surface area contributed by atoms with E-state index in [0.29, 0.717) is 18.7 Å². The van der Waals surface area contributed by atoms with Crippen LogP contribution in [0.3, 0.4) is 0 Å². The molecule has 1 spiro atoms. The van der Waals surface area contributed by atoms with E-state index in [2.05, 4.69) is 0 Å². The lowest BCUT2D eigenvalue weighted by Gasteiger charge is -2.39. The highest BCUT2D eigenvalue weighted by atomic mass is 19.1. The lowest BCUT2D eigenvalue weighted by atomic mass is 9.86. The maximum Gasteiger partial charge on any atom is 0.253 e. The van der Waals surface area contributed by atoms with Gasteiger partial charge in [-0.05, 0) is 60.4 Å². The van der Waals surface area contributed by atoms with Gasteiger partial charge in [-0.25, -0.2) is 4.39 Å². The van der Waals surface area contributed by atoms with Crippen LogP contribution in [0.25, 0.3) is 5.57 Å². The highest BCUT2D eigenvalue weighted by Crippen LogP contribution is 2.41. The average molecular weight is 367 g/mol. The highest BCUT2D eigenvalue weighted by molar-refractivity contribution is 5.94. The summed E-state index contributed by atoms with van der Waals surface area (Å²) in [5.41, 5.74) is 2.38. The molecular formula is C22H22FNO3. The van der Waals surface area contributed by atoms with Gasteiger partial charge < -0.3 is 14.4 Å². The standard InChI is InChI=1S/C22H22FNO3/c1-26-20-9-5-16(6-10-20)18-13-22(27-14-18)11-2-12-24(15-22)21(25)17-3-7-19(23)8-4-17/h3-10,14H,2,11-13,15H2,1H3. The summed E-state index contributed by atoms with van der Waals surface area (Å²) in [6.07, 6.45) is 4.40. The van der Waals surface area contributed by atoms with E-state index in [4.69, 9.17) is 9.47 Å². The molecule has 0 N–H and O–H groups in total. The van der Waals surface area contributed by atoms with E-state index in [-0.39, 0.29) is 17.3 Å². The van der Waals surface area contributed by atoms with Crippen LogP contribution in [0.1, 0.15) is 35.2 Å². The average Bonchev–Trinajstić information content (AvgIpc) is 3.11. The Morgan fingerprint density at radius 2 is 1.89 bits per heavy atom. The molecule has 2 aliphatic heterocycles. The van der Waals surface area contributed by atoms with Crippen molar-refractivity contribution in [3.8, 4) is 5.75 Å². The van der Waals surface area contributed by atoms with Gasteiger partial charge in [0.05, 0.1) is 19.9 Å². The van der Waals surface area contributed by atoms with Crippen LogP contribution < -0.4 is 4.74 Å². The number of amides is 1. The number of rotatable bonds is 3. The molecule has 2 aromatic carbocycles. The molecule has 0 bridgehead atoms. The van der Waals surface area contributed by atoms with E-state index in [1.54, 1.807) is 7.11 Å². The molecule has 140 valence electrons. The van der Waals surface area contributed by atoms with E-state index in [1.165, 1.54) is 24.3 Å². The number of hydrogen-bond acceptors (Lipinski definition) is 3. The Bertz CT molecular complexity index is 860. The summed E-state index contributed by atoms with van der Waals surface area (Å²) in [4.78, 5) is 14.6.